The van der Waals surface area contributed by atoms with Gasteiger partial charge in [0.15, 0.2) is 5.17 Å². The zero-order valence-corrected chi connectivity index (χ0v) is 11.1. The van der Waals surface area contributed by atoms with Gasteiger partial charge in [-0.1, -0.05) is 30.0 Å². The number of benzene rings is 1. The van der Waals surface area contributed by atoms with E-state index in [2.05, 4.69) is 4.99 Å². The first-order chi connectivity index (χ1) is 7.98. The fraction of sp³-hybridized carbons (Fsp3) is 0.385. The molecule has 1 fully saturated rings. The number of nitrogens with zero attached hydrogens (tertiary/aromatic N) is 2. The number of rotatable bonds is 1. The van der Waals surface area contributed by atoms with E-state index in [9.17, 15) is 4.79 Å². The third-order valence-corrected chi connectivity index (χ3v) is 3.34. The minimum atomic E-state index is -0.214. The largest absolute Gasteiger partial charge is 0.285 e. The van der Waals surface area contributed by atoms with E-state index in [-0.39, 0.29) is 11.4 Å². The molecule has 0 atom stereocenters. The maximum atomic E-state index is 11.8. The number of amides is 1. The topological polar surface area (TPSA) is 32.7 Å². The van der Waals surface area contributed by atoms with Crippen LogP contribution in [0.4, 0.5) is 5.69 Å². The van der Waals surface area contributed by atoms with Crippen LogP contribution in [0, 0.1) is 0 Å². The molecule has 1 aromatic carbocycles. The number of thioether (sulfide) groups is 1. The van der Waals surface area contributed by atoms with E-state index < -0.39 is 0 Å². The first-order valence-corrected chi connectivity index (χ1v) is 6.56. The predicted molar refractivity (Wildman–Crippen MR) is 72.6 cm³/mol. The van der Waals surface area contributed by atoms with E-state index in [0.29, 0.717) is 5.75 Å². The van der Waals surface area contributed by atoms with Crippen LogP contribution in [0.25, 0.3) is 0 Å². The standard InChI is InChI=1S/C13H16N2OS/c1-13(2,3)15-11(16)9-17-12(15)14-10-7-5-4-6-8-10/h4-8H,9H2,1-3H3. The van der Waals surface area contributed by atoms with Crippen molar-refractivity contribution in [1.29, 1.82) is 0 Å². The summed E-state index contributed by atoms with van der Waals surface area (Å²) in [5, 5.41) is 0.800. The molecule has 17 heavy (non-hydrogen) atoms. The molecule has 3 nitrogen and oxygen atoms in total. The van der Waals surface area contributed by atoms with Crippen LogP contribution in [-0.4, -0.2) is 27.3 Å². The van der Waals surface area contributed by atoms with E-state index in [1.165, 1.54) is 11.8 Å². The van der Waals surface area contributed by atoms with Crippen molar-refractivity contribution in [3.05, 3.63) is 30.3 Å². The second-order valence-corrected chi connectivity index (χ2v) is 5.86. The van der Waals surface area contributed by atoms with Gasteiger partial charge in [-0.15, -0.1) is 0 Å². The second kappa shape index (κ2) is 4.53. The summed E-state index contributed by atoms with van der Waals surface area (Å²) in [4.78, 5) is 18.2. The molecule has 90 valence electrons. The van der Waals surface area contributed by atoms with Gasteiger partial charge in [0, 0.05) is 5.54 Å². The average molecular weight is 248 g/mol. The van der Waals surface area contributed by atoms with Gasteiger partial charge in [0.2, 0.25) is 5.91 Å². The van der Waals surface area contributed by atoms with Crippen LogP contribution >= 0.6 is 11.8 Å². The smallest absolute Gasteiger partial charge is 0.239 e. The van der Waals surface area contributed by atoms with Crippen LogP contribution in [0.1, 0.15) is 20.8 Å². The Kier molecular flexibility index (Phi) is 3.24. The number of carbonyl (C=O) groups excluding carboxylic acids is 1. The average Bonchev–Trinajstić information content (AvgIpc) is 2.60. The summed E-state index contributed by atoms with van der Waals surface area (Å²) in [6.45, 7) is 6.08. The first-order valence-electron chi connectivity index (χ1n) is 5.58. The Morgan fingerprint density at radius 3 is 2.47 bits per heavy atom. The van der Waals surface area contributed by atoms with E-state index in [1.807, 2.05) is 51.1 Å². The van der Waals surface area contributed by atoms with Crippen LogP contribution in [0.15, 0.2) is 35.3 Å². The van der Waals surface area contributed by atoms with Crippen molar-refractivity contribution in [2.24, 2.45) is 4.99 Å². The number of hydrogen-bond donors (Lipinski definition) is 0. The number of aliphatic imine (C=N–C) groups is 1. The van der Waals surface area contributed by atoms with Gasteiger partial charge in [-0.05, 0) is 32.9 Å². The molecule has 4 heteroatoms. The van der Waals surface area contributed by atoms with Crippen molar-refractivity contribution in [3.63, 3.8) is 0 Å². The minimum Gasteiger partial charge on any atom is -0.285 e. The molecule has 0 radical (unpaired) electrons. The van der Waals surface area contributed by atoms with Gasteiger partial charge in [-0.25, -0.2) is 4.99 Å². The van der Waals surface area contributed by atoms with E-state index in [0.717, 1.165) is 10.9 Å². The molecule has 2 rings (SSSR count). The highest BCUT2D eigenvalue weighted by molar-refractivity contribution is 8.15. The summed E-state index contributed by atoms with van der Waals surface area (Å²) in [6.07, 6.45) is 0. The summed E-state index contributed by atoms with van der Waals surface area (Å²) >= 11 is 1.51. The highest BCUT2D eigenvalue weighted by Crippen LogP contribution is 2.29. The zero-order valence-electron chi connectivity index (χ0n) is 10.3. The lowest BCUT2D eigenvalue weighted by molar-refractivity contribution is -0.127. The molecular weight excluding hydrogens is 232 g/mol. The van der Waals surface area contributed by atoms with Gasteiger partial charge in [0.25, 0.3) is 0 Å². The molecule has 0 bridgehead atoms. The Morgan fingerprint density at radius 2 is 1.88 bits per heavy atom. The van der Waals surface area contributed by atoms with Crippen molar-refractivity contribution in [1.82, 2.24) is 4.90 Å². The van der Waals surface area contributed by atoms with Gasteiger partial charge in [0.05, 0.1) is 11.4 Å². The number of para-hydroxylation sites is 1. The summed E-state index contributed by atoms with van der Waals surface area (Å²) < 4.78 is 0. The summed E-state index contributed by atoms with van der Waals surface area (Å²) in [5.41, 5.74) is 0.674. The number of amidine groups is 1. The van der Waals surface area contributed by atoms with Crippen molar-refractivity contribution in [2.75, 3.05) is 5.75 Å². The molecule has 1 aliphatic heterocycles. The molecule has 0 unspecified atom stereocenters. The maximum absolute atomic E-state index is 11.8. The van der Waals surface area contributed by atoms with Crippen LogP contribution < -0.4 is 0 Å². The molecule has 1 heterocycles. The third kappa shape index (κ3) is 2.69. The second-order valence-electron chi connectivity index (χ2n) is 4.92. The predicted octanol–water partition coefficient (Wildman–Crippen LogP) is 3.05. The lowest BCUT2D eigenvalue weighted by Gasteiger charge is -2.31. The molecule has 0 spiro atoms. The molecule has 0 aromatic heterocycles. The number of carbonyl (C=O) groups is 1. The van der Waals surface area contributed by atoms with Crippen molar-refractivity contribution in [3.8, 4) is 0 Å². The van der Waals surface area contributed by atoms with E-state index in [1.54, 1.807) is 4.90 Å². The van der Waals surface area contributed by atoms with Crippen molar-refractivity contribution in [2.45, 2.75) is 26.3 Å². The highest BCUT2D eigenvalue weighted by Gasteiger charge is 2.36. The summed E-state index contributed by atoms with van der Waals surface area (Å²) in [7, 11) is 0. The Morgan fingerprint density at radius 1 is 1.24 bits per heavy atom. The molecule has 0 saturated carbocycles. The Labute approximate surface area is 106 Å². The monoisotopic (exact) mass is 248 g/mol. The van der Waals surface area contributed by atoms with Crippen molar-refractivity contribution >= 4 is 28.5 Å². The zero-order chi connectivity index (χ0) is 12.5. The Hall–Kier alpha value is -1.29. The Balaban J connectivity index is 2.33. The number of hydrogen-bond acceptors (Lipinski definition) is 3. The highest BCUT2D eigenvalue weighted by atomic mass is 32.2. The van der Waals surface area contributed by atoms with Crippen LogP contribution in [0.3, 0.4) is 0 Å². The van der Waals surface area contributed by atoms with Crippen LogP contribution in [-0.2, 0) is 4.79 Å². The normalized spacial score (nSPS) is 19.1. The molecule has 0 N–H and O–H groups in total. The third-order valence-electron chi connectivity index (χ3n) is 2.42. The molecule has 1 saturated heterocycles. The quantitative estimate of drug-likeness (QED) is 0.765. The molecule has 1 aromatic rings. The van der Waals surface area contributed by atoms with Crippen molar-refractivity contribution < 1.29 is 4.79 Å². The summed E-state index contributed by atoms with van der Waals surface area (Å²) in [5.74, 6) is 0.625. The fourth-order valence-electron chi connectivity index (χ4n) is 1.72. The minimum absolute atomic E-state index is 0.136. The van der Waals surface area contributed by atoms with Crippen LogP contribution in [0.2, 0.25) is 0 Å². The first kappa shape index (κ1) is 12.2. The molecule has 1 aliphatic rings. The van der Waals surface area contributed by atoms with Gasteiger partial charge < -0.3 is 0 Å². The molecular formula is C13H16N2OS. The fourth-order valence-corrected chi connectivity index (χ4v) is 2.77. The van der Waals surface area contributed by atoms with E-state index in [4.69, 9.17) is 0 Å². The van der Waals surface area contributed by atoms with E-state index >= 15 is 0 Å². The SMILES string of the molecule is CC(C)(C)N1C(=O)CSC1=Nc1ccccc1. The van der Waals surface area contributed by atoms with Gasteiger partial charge >= 0.3 is 0 Å². The Bertz CT molecular complexity index is 448. The molecule has 1 amide bonds. The summed E-state index contributed by atoms with van der Waals surface area (Å²) in [6, 6.07) is 9.73. The maximum Gasteiger partial charge on any atom is 0.239 e. The van der Waals surface area contributed by atoms with Gasteiger partial charge in [-0.3, -0.25) is 9.69 Å². The molecule has 0 aliphatic carbocycles. The van der Waals surface area contributed by atoms with Gasteiger partial charge in [0.1, 0.15) is 0 Å². The van der Waals surface area contributed by atoms with Gasteiger partial charge in [-0.2, -0.15) is 0 Å². The lowest BCUT2D eigenvalue weighted by Crippen LogP contribution is -2.44. The van der Waals surface area contributed by atoms with Crippen LogP contribution in [0.5, 0.6) is 0 Å². The lowest BCUT2D eigenvalue weighted by atomic mass is 10.1.